The van der Waals surface area contributed by atoms with Crippen LogP contribution in [0.4, 0.5) is 5.69 Å². The van der Waals surface area contributed by atoms with Crippen LogP contribution in [0.3, 0.4) is 0 Å². The second-order valence-electron chi connectivity index (χ2n) is 8.28. The van der Waals surface area contributed by atoms with Crippen molar-refractivity contribution in [3.63, 3.8) is 0 Å². The van der Waals surface area contributed by atoms with Crippen LogP contribution in [0.25, 0.3) is 0 Å². The molecule has 1 atom stereocenters. The lowest BCUT2D eigenvalue weighted by atomic mass is 10.1. The molecule has 2 amide bonds. The molecule has 0 bridgehead atoms. The summed E-state index contributed by atoms with van der Waals surface area (Å²) in [6.45, 7) is 7.12. The highest BCUT2D eigenvalue weighted by molar-refractivity contribution is 6.22. The van der Waals surface area contributed by atoms with E-state index in [0.29, 0.717) is 12.3 Å². The number of nitrogens with zero attached hydrogens (tertiary/aromatic N) is 3. The smallest absolute Gasteiger partial charge is 0.251 e. The number of carbonyl (C=O) groups is 2. The molecule has 0 aromatic heterocycles. The second kappa shape index (κ2) is 10.1. The summed E-state index contributed by atoms with van der Waals surface area (Å²) in [7, 11) is 0. The minimum Gasteiger partial charge on any atom is -0.494 e. The van der Waals surface area contributed by atoms with Crippen molar-refractivity contribution in [1.29, 1.82) is 0 Å². The first-order valence-electron chi connectivity index (χ1n) is 11.3. The number of imide groups is 1. The molecular weight excluding hydrogens is 390 g/mol. The number of ether oxygens (including phenoxy) is 1. The van der Waals surface area contributed by atoms with Crippen LogP contribution in [0.2, 0.25) is 0 Å². The van der Waals surface area contributed by atoms with E-state index >= 15 is 0 Å². The molecule has 4 rings (SSSR count). The molecule has 2 fully saturated rings. The van der Waals surface area contributed by atoms with Crippen LogP contribution in [0.15, 0.2) is 54.6 Å². The van der Waals surface area contributed by atoms with E-state index in [1.165, 1.54) is 10.5 Å². The molecule has 31 heavy (non-hydrogen) atoms. The Kier molecular flexibility index (Phi) is 6.99. The minimum atomic E-state index is -0.355. The van der Waals surface area contributed by atoms with Crippen LogP contribution in [-0.4, -0.2) is 60.4 Å². The topological polar surface area (TPSA) is 53.1 Å². The average molecular weight is 422 g/mol. The van der Waals surface area contributed by atoms with Gasteiger partial charge < -0.3 is 4.74 Å². The molecule has 0 N–H and O–H groups in total. The Balaban J connectivity index is 1.33. The van der Waals surface area contributed by atoms with E-state index in [-0.39, 0.29) is 24.3 Å². The molecule has 2 heterocycles. The predicted octanol–water partition coefficient (Wildman–Crippen LogP) is 3.32. The maximum atomic E-state index is 13.1. The summed E-state index contributed by atoms with van der Waals surface area (Å²) in [5.74, 6) is 0.532. The lowest BCUT2D eigenvalue weighted by Gasteiger charge is -2.37. The first-order chi connectivity index (χ1) is 15.2. The molecule has 0 radical (unpaired) electrons. The molecular formula is C25H31N3O3. The first-order valence-corrected chi connectivity index (χ1v) is 11.3. The summed E-state index contributed by atoms with van der Waals surface area (Å²) in [6, 6.07) is 17.4. The van der Waals surface area contributed by atoms with Gasteiger partial charge in [-0.25, -0.2) is 4.90 Å². The Morgan fingerprint density at radius 3 is 2.32 bits per heavy atom. The van der Waals surface area contributed by atoms with Crippen molar-refractivity contribution in [2.75, 3.05) is 37.7 Å². The zero-order valence-corrected chi connectivity index (χ0v) is 18.2. The van der Waals surface area contributed by atoms with Gasteiger partial charge >= 0.3 is 0 Å². The Morgan fingerprint density at radius 2 is 1.65 bits per heavy atom. The van der Waals surface area contributed by atoms with E-state index in [0.717, 1.165) is 51.3 Å². The number of unbranched alkanes of at least 4 members (excludes halogenated alkanes) is 1. The molecule has 0 spiro atoms. The first kappa shape index (κ1) is 21.5. The van der Waals surface area contributed by atoms with Crippen LogP contribution >= 0.6 is 0 Å². The number of amides is 2. The lowest BCUT2D eigenvalue weighted by Crippen LogP contribution is -2.52. The molecule has 0 unspecified atom stereocenters. The second-order valence-corrected chi connectivity index (χ2v) is 8.28. The van der Waals surface area contributed by atoms with E-state index in [2.05, 4.69) is 41.0 Å². The Hall–Kier alpha value is -2.70. The Morgan fingerprint density at radius 1 is 0.935 bits per heavy atom. The average Bonchev–Trinajstić information content (AvgIpc) is 3.10. The zero-order valence-electron chi connectivity index (χ0n) is 18.2. The third-order valence-corrected chi connectivity index (χ3v) is 6.08. The largest absolute Gasteiger partial charge is 0.494 e. The number of hydrogen-bond acceptors (Lipinski definition) is 5. The summed E-state index contributed by atoms with van der Waals surface area (Å²) in [6.07, 6.45) is 2.34. The summed E-state index contributed by atoms with van der Waals surface area (Å²) in [4.78, 5) is 31.7. The molecule has 2 aliphatic rings. The van der Waals surface area contributed by atoms with Crippen molar-refractivity contribution in [1.82, 2.24) is 9.80 Å². The van der Waals surface area contributed by atoms with Gasteiger partial charge in [-0.15, -0.1) is 0 Å². The summed E-state index contributed by atoms with van der Waals surface area (Å²) in [5.41, 5.74) is 1.93. The van der Waals surface area contributed by atoms with Crippen molar-refractivity contribution < 1.29 is 14.3 Å². The van der Waals surface area contributed by atoms with E-state index in [4.69, 9.17) is 4.74 Å². The predicted molar refractivity (Wildman–Crippen MR) is 121 cm³/mol. The van der Waals surface area contributed by atoms with E-state index in [9.17, 15) is 9.59 Å². The van der Waals surface area contributed by atoms with Crippen LogP contribution in [0, 0.1) is 0 Å². The maximum absolute atomic E-state index is 13.1. The fourth-order valence-corrected chi connectivity index (χ4v) is 4.27. The molecule has 0 aliphatic carbocycles. The summed E-state index contributed by atoms with van der Waals surface area (Å²) in [5, 5.41) is 0. The highest BCUT2D eigenvalue weighted by Crippen LogP contribution is 2.28. The van der Waals surface area contributed by atoms with Gasteiger partial charge in [0.05, 0.1) is 24.8 Å². The Labute approximate surface area is 184 Å². The molecule has 2 saturated heterocycles. The normalized spacial score (nSPS) is 20.4. The lowest BCUT2D eigenvalue weighted by molar-refractivity contribution is -0.123. The van der Waals surface area contributed by atoms with Gasteiger partial charge in [0, 0.05) is 32.7 Å². The zero-order chi connectivity index (χ0) is 21.6. The number of piperazine rings is 1. The molecule has 0 saturated carbocycles. The van der Waals surface area contributed by atoms with Crippen LogP contribution in [0.1, 0.15) is 31.7 Å². The van der Waals surface area contributed by atoms with Gasteiger partial charge in [0.15, 0.2) is 0 Å². The highest BCUT2D eigenvalue weighted by atomic mass is 16.5. The van der Waals surface area contributed by atoms with E-state index < -0.39 is 0 Å². The standard InChI is InChI=1S/C25H31N3O3/c1-2-3-17-31-22-11-9-21(10-12-22)28-24(29)18-23(25(28)30)27-15-13-26(14-16-27)19-20-7-5-4-6-8-20/h4-12,23H,2-3,13-19H2,1H3/t23-/m0/s1. The molecule has 6 heteroatoms. The van der Waals surface area contributed by atoms with Crippen LogP contribution in [-0.2, 0) is 16.1 Å². The number of rotatable bonds is 8. The van der Waals surface area contributed by atoms with Crippen molar-refractivity contribution in [2.45, 2.75) is 38.8 Å². The van der Waals surface area contributed by atoms with Gasteiger partial charge in [0.1, 0.15) is 5.75 Å². The van der Waals surface area contributed by atoms with Gasteiger partial charge in [-0.1, -0.05) is 43.7 Å². The maximum Gasteiger partial charge on any atom is 0.251 e. The number of hydrogen-bond donors (Lipinski definition) is 0. The fraction of sp³-hybridized carbons (Fsp3) is 0.440. The van der Waals surface area contributed by atoms with Crippen molar-refractivity contribution >= 4 is 17.5 Å². The number of carbonyl (C=O) groups excluding carboxylic acids is 2. The summed E-state index contributed by atoms with van der Waals surface area (Å²) >= 11 is 0. The number of anilines is 1. The fourth-order valence-electron chi connectivity index (χ4n) is 4.27. The summed E-state index contributed by atoms with van der Waals surface area (Å²) < 4.78 is 5.69. The molecule has 2 aromatic carbocycles. The third-order valence-electron chi connectivity index (χ3n) is 6.08. The monoisotopic (exact) mass is 421 g/mol. The van der Waals surface area contributed by atoms with Gasteiger partial charge in [-0.3, -0.25) is 19.4 Å². The van der Waals surface area contributed by atoms with Crippen molar-refractivity contribution in [3.8, 4) is 5.75 Å². The minimum absolute atomic E-state index is 0.110. The molecule has 164 valence electrons. The Bertz CT molecular complexity index is 877. The van der Waals surface area contributed by atoms with Crippen molar-refractivity contribution in [3.05, 3.63) is 60.2 Å². The van der Waals surface area contributed by atoms with Gasteiger partial charge in [0.2, 0.25) is 5.91 Å². The molecule has 6 nitrogen and oxygen atoms in total. The van der Waals surface area contributed by atoms with Gasteiger partial charge in [-0.2, -0.15) is 0 Å². The van der Waals surface area contributed by atoms with Crippen LogP contribution < -0.4 is 9.64 Å². The SMILES string of the molecule is CCCCOc1ccc(N2C(=O)C[C@H](N3CCN(Cc4ccccc4)CC3)C2=O)cc1. The van der Waals surface area contributed by atoms with Gasteiger partial charge in [-0.05, 0) is 36.2 Å². The molecule has 2 aliphatic heterocycles. The number of benzene rings is 2. The molecule has 2 aromatic rings. The van der Waals surface area contributed by atoms with E-state index in [1.807, 2.05) is 18.2 Å². The quantitative estimate of drug-likeness (QED) is 0.484. The van der Waals surface area contributed by atoms with Gasteiger partial charge in [0.25, 0.3) is 5.91 Å². The van der Waals surface area contributed by atoms with Crippen molar-refractivity contribution in [2.24, 2.45) is 0 Å². The highest BCUT2D eigenvalue weighted by Gasteiger charge is 2.43. The van der Waals surface area contributed by atoms with E-state index in [1.54, 1.807) is 12.1 Å². The third kappa shape index (κ3) is 5.14. The van der Waals surface area contributed by atoms with Crippen LogP contribution in [0.5, 0.6) is 5.75 Å².